The predicted molar refractivity (Wildman–Crippen MR) is 79.4 cm³/mol. The van der Waals surface area contributed by atoms with E-state index < -0.39 is 0 Å². The molecule has 100 valence electrons. The van der Waals surface area contributed by atoms with E-state index in [0.717, 1.165) is 12.2 Å². The van der Waals surface area contributed by atoms with Gasteiger partial charge in [0.1, 0.15) is 12.4 Å². The van der Waals surface area contributed by atoms with Gasteiger partial charge in [0.2, 0.25) is 0 Å². The van der Waals surface area contributed by atoms with Crippen molar-refractivity contribution in [2.75, 3.05) is 6.61 Å². The Morgan fingerprint density at radius 3 is 2.50 bits per heavy atom. The van der Waals surface area contributed by atoms with Gasteiger partial charge in [0.15, 0.2) is 0 Å². The summed E-state index contributed by atoms with van der Waals surface area (Å²) in [6, 6.07) is 6.45. The van der Waals surface area contributed by atoms with Crippen molar-refractivity contribution in [2.24, 2.45) is 0 Å². The fourth-order valence-electron chi connectivity index (χ4n) is 2.13. The monoisotopic (exact) mass is 246 g/mol. The summed E-state index contributed by atoms with van der Waals surface area (Å²) in [5.41, 5.74) is 2.88. The fourth-order valence-corrected chi connectivity index (χ4v) is 2.13. The standard InChI is InChI=1S/C17H26O/c1-4-7-10-15-11-9-13-17(18-14-6-3)16(15)12-8-5-2/h6,9,11,13H,3-5,7-8,10,12,14H2,1-2H3. The van der Waals surface area contributed by atoms with Gasteiger partial charge in [-0.2, -0.15) is 0 Å². The smallest absolute Gasteiger partial charge is 0.123 e. The van der Waals surface area contributed by atoms with E-state index in [0.29, 0.717) is 6.61 Å². The lowest BCUT2D eigenvalue weighted by atomic mass is 9.97. The Balaban J connectivity index is 2.88. The number of hydrogen-bond acceptors (Lipinski definition) is 1. The second kappa shape index (κ2) is 8.79. The van der Waals surface area contributed by atoms with Gasteiger partial charge in [0.25, 0.3) is 0 Å². The molecule has 0 aliphatic rings. The lowest BCUT2D eigenvalue weighted by molar-refractivity contribution is 0.358. The Morgan fingerprint density at radius 1 is 1.11 bits per heavy atom. The first kappa shape index (κ1) is 14.8. The average molecular weight is 246 g/mol. The van der Waals surface area contributed by atoms with Crippen molar-refractivity contribution in [1.29, 1.82) is 0 Å². The highest BCUT2D eigenvalue weighted by Gasteiger charge is 2.08. The molecule has 0 fully saturated rings. The van der Waals surface area contributed by atoms with E-state index in [1.54, 1.807) is 0 Å². The van der Waals surface area contributed by atoms with E-state index in [2.05, 4.69) is 38.6 Å². The Labute approximate surface area is 112 Å². The highest BCUT2D eigenvalue weighted by Crippen LogP contribution is 2.26. The van der Waals surface area contributed by atoms with E-state index >= 15 is 0 Å². The molecular formula is C17H26O. The summed E-state index contributed by atoms with van der Waals surface area (Å²) in [5, 5.41) is 0. The summed E-state index contributed by atoms with van der Waals surface area (Å²) in [6.07, 6.45) is 9.05. The zero-order valence-electron chi connectivity index (χ0n) is 11.9. The van der Waals surface area contributed by atoms with Gasteiger partial charge in [-0.15, -0.1) is 0 Å². The first-order valence-electron chi connectivity index (χ1n) is 7.17. The topological polar surface area (TPSA) is 9.23 Å². The molecule has 0 spiro atoms. The van der Waals surface area contributed by atoms with Crippen LogP contribution < -0.4 is 4.74 Å². The van der Waals surface area contributed by atoms with Crippen molar-refractivity contribution in [3.05, 3.63) is 42.0 Å². The maximum atomic E-state index is 5.79. The Hall–Kier alpha value is -1.24. The van der Waals surface area contributed by atoms with Gasteiger partial charge in [0.05, 0.1) is 0 Å². The molecule has 1 heteroatoms. The molecule has 0 saturated heterocycles. The Bertz CT molecular complexity index is 355. The highest BCUT2D eigenvalue weighted by atomic mass is 16.5. The normalized spacial score (nSPS) is 10.3. The Kier molecular flexibility index (Phi) is 7.24. The van der Waals surface area contributed by atoms with Gasteiger partial charge in [-0.05, 0) is 42.9 Å². The molecule has 0 N–H and O–H groups in total. The maximum absolute atomic E-state index is 5.79. The summed E-state index contributed by atoms with van der Waals surface area (Å²) < 4.78 is 5.79. The molecule has 0 amide bonds. The highest BCUT2D eigenvalue weighted by molar-refractivity contribution is 5.40. The predicted octanol–water partition coefficient (Wildman–Crippen LogP) is 4.94. The lowest BCUT2D eigenvalue weighted by Gasteiger charge is -2.14. The van der Waals surface area contributed by atoms with Gasteiger partial charge in [0, 0.05) is 0 Å². The van der Waals surface area contributed by atoms with E-state index in [-0.39, 0.29) is 0 Å². The number of benzene rings is 1. The van der Waals surface area contributed by atoms with Crippen LogP contribution in [0.5, 0.6) is 5.75 Å². The minimum atomic E-state index is 0.594. The second-order valence-corrected chi connectivity index (χ2v) is 4.70. The molecule has 0 unspecified atom stereocenters. The van der Waals surface area contributed by atoms with Crippen LogP contribution in [-0.4, -0.2) is 6.61 Å². The van der Waals surface area contributed by atoms with Crippen molar-refractivity contribution in [3.63, 3.8) is 0 Å². The molecular weight excluding hydrogens is 220 g/mol. The van der Waals surface area contributed by atoms with Crippen molar-refractivity contribution in [3.8, 4) is 5.75 Å². The molecule has 18 heavy (non-hydrogen) atoms. The molecule has 1 aromatic carbocycles. The molecule has 0 heterocycles. The quantitative estimate of drug-likeness (QED) is 0.561. The average Bonchev–Trinajstić information content (AvgIpc) is 2.41. The summed E-state index contributed by atoms with van der Waals surface area (Å²) in [7, 11) is 0. The van der Waals surface area contributed by atoms with Crippen LogP contribution in [0.2, 0.25) is 0 Å². The van der Waals surface area contributed by atoms with E-state index in [4.69, 9.17) is 4.74 Å². The molecule has 0 atom stereocenters. The summed E-state index contributed by atoms with van der Waals surface area (Å²) in [6.45, 7) is 8.78. The minimum Gasteiger partial charge on any atom is -0.489 e. The molecule has 0 radical (unpaired) electrons. The third-order valence-electron chi connectivity index (χ3n) is 3.17. The molecule has 0 aliphatic heterocycles. The summed E-state index contributed by atoms with van der Waals surface area (Å²) >= 11 is 0. The number of rotatable bonds is 9. The third kappa shape index (κ3) is 4.56. The third-order valence-corrected chi connectivity index (χ3v) is 3.17. The minimum absolute atomic E-state index is 0.594. The lowest BCUT2D eigenvalue weighted by Crippen LogP contribution is -2.02. The SMILES string of the molecule is C=CCOc1cccc(CCCC)c1CCCC. The number of ether oxygens (including phenoxy) is 1. The van der Waals surface area contributed by atoms with Gasteiger partial charge in [-0.1, -0.05) is 51.5 Å². The van der Waals surface area contributed by atoms with Crippen molar-refractivity contribution < 1.29 is 4.74 Å². The van der Waals surface area contributed by atoms with Crippen LogP contribution in [-0.2, 0) is 12.8 Å². The number of unbranched alkanes of at least 4 members (excludes halogenated alkanes) is 2. The number of hydrogen-bond donors (Lipinski definition) is 0. The molecule has 1 rings (SSSR count). The summed E-state index contributed by atoms with van der Waals surface area (Å²) in [5.74, 6) is 1.05. The van der Waals surface area contributed by atoms with E-state index in [9.17, 15) is 0 Å². The fraction of sp³-hybridized carbons (Fsp3) is 0.529. The molecule has 1 nitrogen and oxygen atoms in total. The molecule has 0 saturated carbocycles. The largest absolute Gasteiger partial charge is 0.489 e. The number of aryl methyl sites for hydroxylation is 1. The van der Waals surface area contributed by atoms with Gasteiger partial charge in [-0.3, -0.25) is 0 Å². The van der Waals surface area contributed by atoms with Crippen LogP contribution in [0.1, 0.15) is 50.7 Å². The van der Waals surface area contributed by atoms with Crippen LogP contribution in [0.3, 0.4) is 0 Å². The van der Waals surface area contributed by atoms with Crippen molar-refractivity contribution in [2.45, 2.75) is 52.4 Å². The van der Waals surface area contributed by atoms with Crippen molar-refractivity contribution >= 4 is 0 Å². The van der Waals surface area contributed by atoms with Crippen LogP contribution >= 0.6 is 0 Å². The van der Waals surface area contributed by atoms with E-state index in [1.165, 1.54) is 43.2 Å². The molecule has 1 aromatic rings. The molecule has 0 aromatic heterocycles. The Morgan fingerprint density at radius 2 is 1.83 bits per heavy atom. The van der Waals surface area contributed by atoms with Crippen molar-refractivity contribution in [1.82, 2.24) is 0 Å². The van der Waals surface area contributed by atoms with Crippen LogP contribution in [0.15, 0.2) is 30.9 Å². The van der Waals surface area contributed by atoms with Gasteiger partial charge in [-0.25, -0.2) is 0 Å². The zero-order chi connectivity index (χ0) is 13.2. The second-order valence-electron chi connectivity index (χ2n) is 4.70. The zero-order valence-corrected chi connectivity index (χ0v) is 11.9. The first-order valence-corrected chi connectivity index (χ1v) is 7.17. The van der Waals surface area contributed by atoms with Crippen LogP contribution in [0, 0.1) is 0 Å². The van der Waals surface area contributed by atoms with E-state index in [1.807, 2.05) is 6.08 Å². The molecule has 0 bridgehead atoms. The summed E-state index contributed by atoms with van der Waals surface area (Å²) in [4.78, 5) is 0. The van der Waals surface area contributed by atoms with Crippen LogP contribution in [0.4, 0.5) is 0 Å². The maximum Gasteiger partial charge on any atom is 0.123 e. The van der Waals surface area contributed by atoms with Gasteiger partial charge >= 0.3 is 0 Å². The van der Waals surface area contributed by atoms with Gasteiger partial charge < -0.3 is 4.74 Å². The van der Waals surface area contributed by atoms with Crippen LogP contribution in [0.25, 0.3) is 0 Å². The first-order chi connectivity index (χ1) is 8.83. The molecule has 0 aliphatic carbocycles.